The molecule has 4 saturated heterocycles. The van der Waals surface area contributed by atoms with Crippen molar-refractivity contribution < 1.29 is 14.6 Å². The number of benzene rings is 2. The van der Waals surface area contributed by atoms with E-state index in [0.717, 1.165) is 86.7 Å². The molecule has 1 amide bonds. The Balaban J connectivity index is 1.25. The lowest BCUT2D eigenvalue weighted by atomic mass is 9.94. The fourth-order valence-electron chi connectivity index (χ4n) is 8.61. The number of carbonyl (C=O) groups is 1. The number of piperazine rings is 1. The molecule has 44 heavy (non-hydrogen) atoms. The van der Waals surface area contributed by atoms with E-state index in [1.54, 1.807) is 17.0 Å². The second-order valence-corrected chi connectivity index (χ2v) is 13.0. The Labute approximate surface area is 257 Å². The number of amides is 1. The highest BCUT2D eigenvalue weighted by Gasteiger charge is 2.46. The van der Waals surface area contributed by atoms with Crippen LogP contribution in [0.1, 0.15) is 65.7 Å². The van der Waals surface area contributed by atoms with Crippen LogP contribution in [-0.2, 0) is 6.42 Å². The zero-order valence-electron chi connectivity index (χ0n) is 24.8. The quantitative estimate of drug-likeness (QED) is 0.432. The predicted molar refractivity (Wildman–Crippen MR) is 168 cm³/mol. The molecule has 2 aromatic carbocycles. The topological polar surface area (TPSA) is 105 Å². The number of phenolic OH excluding ortho intramolecular Hbond substituents is 1. The second-order valence-electron chi connectivity index (χ2n) is 13.0. The highest BCUT2D eigenvalue weighted by molar-refractivity contribution is 6.13. The van der Waals surface area contributed by atoms with Crippen molar-refractivity contribution in [1.82, 2.24) is 15.2 Å². The van der Waals surface area contributed by atoms with Gasteiger partial charge in [-0.05, 0) is 75.6 Å². The summed E-state index contributed by atoms with van der Waals surface area (Å²) in [6.07, 6.45) is 13.0. The number of ether oxygens (including phenoxy) is 1. The number of terminal acetylenes is 1. The number of nitriles is 1. The molecule has 2 unspecified atom stereocenters. The number of anilines is 2. The maximum Gasteiger partial charge on any atom is 0.277 e. The number of carbonyl (C=O) groups excluding carboxylic acids is 1. The molecule has 4 fully saturated rings. The van der Waals surface area contributed by atoms with E-state index in [1.807, 2.05) is 18.2 Å². The number of hydrogen-bond acceptors (Lipinski definition) is 8. The number of rotatable bonds is 5. The summed E-state index contributed by atoms with van der Waals surface area (Å²) >= 11 is 0. The molecular formula is C35H36N6O3. The molecule has 0 aliphatic carbocycles. The van der Waals surface area contributed by atoms with Gasteiger partial charge in [0.25, 0.3) is 5.91 Å². The van der Waals surface area contributed by atoms with Gasteiger partial charge in [0, 0.05) is 54.3 Å². The van der Waals surface area contributed by atoms with Gasteiger partial charge >= 0.3 is 0 Å². The summed E-state index contributed by atoms with van der Waals surface area (Å²) in [6.45, 7) is 4.54. The molecule has 9 nitrogen and oxygen atoms in total. The van der Waals surface area contributed by atoms with E-state index in [1.165, 1.54) is 0 Å². The van der Waals surface area contributed by atoms with Crippen molar-refractivity contribution in [2.45, 2.75) is 62.6 Å². The zero-order chi connectivity index (χ0) is 30.0. The molecule has 2 atom stereocenters. The third-order valence-electron chi connectivity index (χ3n) is 10.6. The molecule has 2 bridgehead atoms. The van der Waals surface area contributed by atoms with E-state index in [9.17, 15) is 15.2 Å². The van der Waals surface area contributed by atoms with Gasteiger partial charge in [-0.1, -0.05) is 18.1 Å². The number of aromatic hydroxyl groups is 1. The number of fused-ring (bicyclic) bond motifs is 5. The molecule has 0 radical (unpaired) electrons. The largest absolute Gasteiger partial charge is 0.508 e. The van der Waals surface area contributed by atoms with Crippen LogP contribution in [0.2, 0.25) is 0 Å². The summed E-state index contributed by atoms with van der Waals surface area (Å²) in [5.74, 6) is 2.78. The molecule has 0 spiro atoms. The minimum absolute atomic E-state index is 0.0270. The van der Waals surface area contributed by atoms with E-state index in [4.69, 9.17) is 16.1 Å². The molecule has 8 rings (SSSR count). The highest BCUT2D eigenvalue weighted by atomic mass is 16.5. The van der Waals surface area contributed by atoms with Gasteiger partial charge < -0.3 is 25.0 Å². The molecule has 2 N–H and O–H groups in total. The van der Waals surface area contributed by atoms with Crippen LogP contribution >= 0.6 is 0 Å². The van der Waals surface area contributed by atoms with Crippen molar-refractivity contribution in [2.24, 2.45) is 0 Å². The Kier molecular flexibility index (Phi) is 6.44. The first-order chi connectivity index (χ1) is 21.5. The molecule has 6 heterocycles. The maximum absolute atomic E-state index is 14.5. The highest BCUT2D eigenvalue weighted by Crippen LogP contribution is 2.43. The van der Waals surface area contributed by atoms with E-state index >= 15 is 0 Å². The first kappa shape index (κ1) is 27.3. The average Bonchev–Trinajstić information content (AvgIpc) is 3.72. The van der Waals surface area contributed by atoms with Crippen LogP contribution in [0, 0.1) is 23.7 Å². The van der Waals surface area contributed by atoms with E-state index < -0.39 is 0 Å². The maximum atomic E-state index is 14.5. The Morgan fingerprint density at radius 3 is 2.64 bits per heavy atom. The Bertz CT molecular complexity index is 1750. The second kappa shape index (κ2) is 10.4. The number of hydrogen-bond donors (Lipinski definition) is 2. The van der Waals surface area contributed by atoms with Crippen molar-refractivity contribution in [3.8, 4) is 30.0 Å². The van der Waals surface area contributed by atoms with E-state index in [2.05, 4.69) is 27.1 Å². The average molecular weight is 589 g/mol. The lowest BCUT2D eigenvalue weighted by Crippen LogP contribution is -2.52. The van der Waals surface area contributed by atoms with Crippen LogP contribution in [0.5, 0.6) is 11.6 Å². The first-order valence-electron chi connectivity index (χ1n) is 15.9. The minimum atomic E-state index is -0.278. The fraction of sp³-hybridized carbons (Fsp3) is 0.457. The van der Waals surface area contributed by atoms with Gasteiger partial charge in [-0.15, -0.1) is 6.42 Å². The normalized spacial score (nSPS) is 23.8. The van der Waals surface area contributed by atoms with Crippen molar-refractivity contribution in [1.29, 1.82) is 5.26 Å². The molecule has 1 aromatic heterocycles. The van der Waals surface area contributed by atoms with Gasteiger partial charge in [-0.2, -0.15) is 5.26 Å². The van der Waals surface area contributed by atoms with Crippen LogP contribution < -0.4 is 19.9 Å². The standard InChI is InChI=1S/C35H36N6O3/c1-2-22-6-3-7-23-16-26(42)17-29(30(22)23)41-15-10-27-31(34(41)43)38-33(44-21-35-11-4-13-40(35)14-5-12-35)28(18-36)32(27)39-19-24-8-9-25(20-39)37-24/h1,3,6-7,16-17,24-25,37,42H,4-5,8-15,19-21H2. The third-order valence-corrected chi connectivity index (χ3v) is 10.6. The zero-order valence-corrected chi connectivity index (χ0v) is 24.8. The Hall–Kier alpha value is -4.31. The number of nitrogens with zero attached hydrogens (tertiary/aromatic N) is 5. The summed E-state index contributed by atoms with van der Waals surface area (Å²) in [7, 11) is 0. The van der Waals surface area contributed by atoms with Crippen molar-refractivity contribution in [3.05, 3.63) is 52.7 Å². The van der Waals surface area contributed by atoms with Crippen molar-refractivity contribution in [3.63, 3.8) is 0 Å². The number of aromatic nitrogens is 1. The van der Waals surface area contributed by atoms with E-state index in [0.29, 0.717) is 54.2 Å². The molecule has 0 saturated carbocycles. The van der Waals surface area contributed by atoms with Crippen molar-refractivity contribution in [2.75, 3.05) is 49.1 Å². The summed E-state index contributed by atoms with van der Waals surface area (Å²) in [6, 6.07) is 12.0. The molecule has 9 heteroatoms. The number of nitrogens with one attached hydrogen (secondary N) is 1. The van der Waals surface area contributed by atoms with Gasteiger partial charge in [0.05, 0.1) is 16.9 Å². The summed E-state index contributed by atoms with van der Waals surface area (Å²) in [4.78, 5) is 25.9. The van der Waals surface area contributed by atoms with Crippen molar-refractivity contribution >= 4 is 28.1 Å². The fourth-order valence-corrected chi connectivity index (χ4v) is 8.61. The number of pyridine rings is 1. The third kappa shape index (κ3) is 4.22. The monoisotopic (exact) mass is 588 g/mol. The first-order valence-corrected chi connectivity index (χ1v) is 15.9. The van der Waals surface area contributed by atoms with Gasteiger partial charge in [0.1, 0.15) is 29.7 Å². The molecule has 224 valence electrons. The SMILES string of the molecule is C#Cc1cccc2cc(O)cc(N3CCc4c(nc(OCC56CCCN5CCC6)c(C#N)c4N4CC5CCC(C4)N5)C3=O)c12. The van der Waals surface area contributed by atoms with Crippen LogP contribution in [0.25, 0.3) is 10.8 Å². The van der Waals surface area contributed by atoms with Gasteiger partial charge in [-0.3, -0.25) is 9.69 Å². The van der Waals surface area contributed by atoms with Crippen LogP contribution in [0.3, 0.4) is 0 Å². The summed E-state index contributed by atoms with van der Waals surface area (Å²) in [5.41, 5.74) is 3.54. The van der Waals surface area contributed by atoms with E-state index in [-0.39, 0.29) is 23.1 Å². The molecular weight excluding hydrogens is 552 g/mol. The summed E-state index contributed by atoms with van der Waals surface area (Å²) in [5, 5.41) is 26.4. The van der Waals surface area contributed by atoms with Gasteiger partial charge in [0.15, 0.2) is 0 Å². The smallest absolute Gasteiger partial charge is 0.277 e. The lowest BCUT2D eigenvalue weighted by molar-refractivity contribution is 0.0968. The molecule has 5 aliphatic rings. The van der Waals surface area contributed by atoms with Gasteiger partial charge in [0.2, 0.25) is 5.88 Å². The molecule has 3 aromatic rings. The van der Waals surface area contributed by atoms with Crippen LogP contribution in [0.4, 0.5) is 11.4 Å². The van der Waals surface area contributed by atoms with Crippen LogP contribution in [0.15, 0.2) is 30.3 Å². The Morgan fingerprint density at radius 1 is 1.14 bits per heavy atom. The summed E-state index contributed by atoms with van der Waals surface area (Å²) < 4.78 is 6.54. The van der Waals surface area contributed by atoms with Gasteiger partial charge in [-0.25, -0.2) is 4.98 Å². The minimum Gasteiger partial charge on any atom is -0.508 e. The Morgan fingerprint density at radius 2 is 1.91 bits per heavy atom. The predicted octanol–water partition coefficient (Wildman–Crippen LogP) is 3.94. The number of phenols is 1. The lowest BCUT2D eigenvalue weighted by Gasteiger charge is -2.39. The van der Waals surface area contributed by atoms with Crippen LogP contribution in [-0.4, -0.2) is 77.9 Å². The molecule has 5 aliphatic heterocycles.